The third-order valence-corrected chi connectivity index (χ3v) is 2.53. The molecule has 0 atom stereocenters. The highest BCUT2D eigenvalue weighted by molar-refractivity contribution is 5.72. The first-order valence-electron chi connectivity index (χ1n) is 6.01. The lowest BCUT2D eigenvalue weighted by atomic mass is 10.1. The van der Waals surface area contributed by atoms with Crippen LogP contribution in [0.15, 0.2) is 24.3 Å². The Morgan fingerprint density at radius 3 is 2.65 bits per heavy atom. The van der Waals surface area contributed by atoms with Crippen LogP contribution >= 0.6 is 0 Å². The molecule has 6 heteroatoms. The molecule has 0 spiro atoms. The molecule has 110 valence electrons. The van der Waals surface area contributed by atoms with E-state index in [1.807, 2.05) is 0 Å². The first kappa shape index (κ1) is 16.1. The van der Waals surface area contributed by atoms with Crippen molar-refractivity contribution in [2.45, 2.75) is 19.5 Å². The minimum absolute atomic E-state index is 0.116. The summed E-state index contributed by atoms with van der Waals surface area (Å²) in [6.45, 7) is 1.91. The lowest BCUT2D eigenvalue weighted by Gasteiger charge is -2.12. The zero-order chi connectivity index (χ0) is 15.2. The van der Waals surface area contributed by atoms with Gasteiger partial charge in [0.1, 0.15) is 5.75 Å². The summed E-state index contributed by atoms with van der Waals surface area (Å²) in [6, 6.07) is 3.70. The van der Waals surface area contributed by atoms with E-state index in [0.717, 1.165) is 6.07 Å². The van der Waals surface area contributed by atoms with Crippen LogP contribution in [0.3, 0.4) is 0 Å². The number of nitrogens with one attached hydrogen (secondary N) is 1. The minimum atomic E-state index is -4.43. The van der Waals surface area contributed by atoms with Gasteiger partial charge in [0.05, 0.1) is 12.7 Å². The average Bonchev–Trinajstić information content (AvgIpc) is 2.36. The van der Waals surface area contributed by atoms with Crippen molar-refractivity contribution in [2.75, 3.05) is 13.7 Å². The van der Waals surface area contributed by atoms with Crippen molar-refractivity contribution in [1.82, 2.24) is 5.32 Å². The zero-order valence-corrected chi connectivity index (χ0v) is 11.3. The van der Waals surface area contributed by atoms with Crippen LogP contribution < -0.4 is 10.1 Å². The highest BCUT2D eigenvalue weighted by Crippen LogP contribution is 2.36. The third-order valence-electron chi connectivity index (χ3n) is 2.53. The van der Waals surface area contributed by atoms with Gasteiger partial charge in [0.25, 0.3) is 0 Å². The normalized spacial score (nSPS) is 11.7. The minimum Gasteiger partial charge on any atom is -0.496 e. The van der Waals surface area contributed by atoms with Gasteiger partial charge in [-0.3, -0.25) is 4.79 Å². The van der Waals surface area contributed by atoms with Crippen molar-refractivity contribution in [2.24, 2.45) is 0 Å². The van der Waals surface area contributed by atoms with E-state index in [4.69, 9.17) is 4.74 Å². The number of methoxy groups -OCH3 is 1. The molecule has 0 aliphatic heterocycles. The Hall–Kier alpha value is -1.98. The maximum Gasteiger partial charge on any atom is 0.419 e. The summed E-state index contributed by atoms with van der Waals surface area (Å²) in [5.41, 5.74) is -0.187. The molecular formula is C14H16F3NO2. The fourth-order valence-corrected chi connectivity index (χ4v) is 1.60. The quantitative estimate of drug-likeness (QED) is 0.844. The number of carbonyl (C=O) groups is 1. The lowest BCUT2D eigenvalue weighted by Crippen LogP contribution is -2.20. The molecule has 1 rings (SSSR count). The maximum atomic E-state index is 12.7. The van der Waals surface area contributed by atoms with Gasteiger partial charge in [-0.25, -0.2) is 0 Å². The van der Waals surface area contributed by atoms with Crippen molar-refractivity contribution in [3.8, 4) is 5.75 Å². The SMILES string of the molecule is COc1cc(C=CCCNC(C)=O)ccc1C(F)(F)F. The molecule has 1 N–H and O–H groups in total. The van der Waals surface area contributed by atoms with E-state index >= 15 is 0 Å². The Kier molecular flexibility index (Phi) is 5.61. The summed E-state index contributed by atoms with van der Waals surface area (Å²) in [4.78, 5) is 10.6. The van der Waals surface area contributed by atoms with Gasteiger partial charge in [0.15, 0.2) is 0 Å². The van der Waals surface area contributed by atoms with Crippen molar-refractivity contribution in [3.63, 3.8) is 0 Å². The van der Waals surface area contributed by atoms with E-state index < -0.39 is 11.7 Å². The molecule has 0 fully saturated rings. The summed E-state index contributed by atoms with van der Waals surface area (Å²) in [5, 5.41) is 2.62. The molecule has 0 radical (unpaired) electrons. The Labute approximate surface area is 115 Å². The van der Waals surface area contributed by atoms with E-state index in [-0.39, 0.29) is 11.7 Å². The largest absolute Gasteiger partial charge is 0.496 e. The first-order valence-corrected chi connectivity index (χ1v) is 6.01. The second-order valence-electron chi connectivity index (χ2n) is 4.13. The predicted molar refractivity (Wildman–Crippen MR) is 70.3 cm³/mol. The molecule has 0 aliphatic carbocycles. The number of halogens is 3. The Bertz CT molecular complexity index is 496. The van der Waals surface area contributed by atoms with Crippen molar-refractivity contribution in [1.29, 1.82) is 0 Å². The fourth-order valence-electron chi connectivity index (χ4n) is 1.60. The van der Waals surface area contributed by atoms with Crippen molar-refractivity contribution in [3.05, 3.63) is 35.4 Å². The summed E-state index contributed by atoms with van der Waals surface area (Å²) >= 11 is 0. The summed E-state index contributed by atoms with van der Waals surface area (Å²) in [6.07, 6.45) is -0.371. The van der Waals surface area contributed by atoms with E-state index in [1.54, 1.807) is 12.2 Å². The number of carbonyl (C=O) groups excluding carboxylic acids is 1. The molecule has 1 aromatic carbocycles. The van der Waals surface area contributed by atoms with Gasteiger partial charge < -0.3 is 10.1 Å². The second kappa shape index (κ2) is 6.98. The van der Waals surface area contributed by atoms with Crippen LogP contribution in [0.1, 0.15) is 24.5 Å². The molecule has 0 saturated carbocycles. The monoisotopic (exact) mass is 287 g/mol. The van der Waals surface area contributed by atoms with E-state index in [9.17, 15) is 18.0 Å². The number of alkyl halides is 3. The molecule has 0 aromatic heterocycles. The Morgan fingerprint density at radius 2 is 2.10 bits per heavy atom. The van der Waals surface area contributed by atoms with Crippen molar-refractivity contribution < 1.29 is 22.7 Å². The van der Waals surface area contributed by atoms with Gasteiger partial charge in [-0.15, -0.1) is 0 Å². The van der Waals surface area contributed by atoms with Crippen molar-refractivity contribution >= 4 is 12.0 Å². The number of rotatable bonds is 5. The van der Waals surface area contributed by atoms with Crippen LogP contribution in [0.4, 0.5) is 13.2 Å². The molecule has 0 unspecified atom stereocenters. The molecule has 1 aromatic rings. The molecule has 3 nitrogen and oxygen atoms in total. The second-order valence-corrected chi connectivity index (χ2v) is 4.13. The summed E-state index contributed by atoms with van der Waals surface area (Å²) in [7, 11) is 1.20. The highest BCUT2D eigenvalue weighted by Gasteiger charge is 2.34. The number of benzene rings is 1. The lowest BCUT2D eigenvalue weighted by molar-refractivity contribution is -0.138. The Balaban J connectivity index is 2.73. The van der Waals surface area contributed by atoms with E-state index in [1.165, 1.54) is 26.2 Å². The van der Waals surface area contributed by atoms with Crippen LogP contribution in [-0.4, -0.2) is 19.6 Å². The zero-order valence-electron chi connectivity index (χ0n) is 11.3. The van der Waals surface area contributed by atoms with Crippen LogP contribution in [0.2, 0.25) is 0 Å². The highest BCUT2D eigenvalue weighted by atomic mass is 19.4. The molecule has 1 amide bonds. The standard InChI is InChI=1S/C14H16F3NO2/c1-10(19)18-8-4-3-5-11-6-7-12(14(15,16)17)13(9-11)20-2/h3,5-7,9H,4,8H2,1-2H3,(H,18,19). The van der Waals surface area contributed by atoms with Gasteiger partial charge in [-0.1, -0.05) is 18.2 Å². The van der Waals surface area contributed by atoms with Crippen LogP contribution in [0.25, 0.3) is 6.08 Å². The summed E-state index contributed by atoms with van der Waals surface area (Å²) < 4.78 is 42.7. The van der Waals surface area contributed by atoms with Gasteiger partial charge in [-0.2, -0.15) is 13.2 Å². The topological polar surface area (TPSA) is 38.3 Å². The van der Waals surface area contributed by atoms with Gasteiger partial charge in [0.2, 0.25) is 5.91 Å². The number of ether oxygens (including phenoxy) is 1. The fraction of sp³-hybridized carbons (Fsp3) is 0.357. The number of amides is 1. The van der Waals surface area contributed by atoms with Crippen LogP contribution in [-0.2, 0) is 11.0 Å². The van der Waals surface area contributed by atoms with Crippen LogP contribution in [0.5, 0.6) is 5.75 Å². The third kappa shape index (κ3) is 4.95. The average molecular weight is 287 g/mol. The molecule has 0 aliphatic rings. The number of hydrogen-bond acceptors (Lipinski definition) is 2. The van der Waals surface area contributed by atoms with Gasteiger partial charge in [-0.05, 0) is 24.1 Å². The molecule has 0 heterocycles. The molecule has 0 saturated heterocycles. The van der Waals surface area contributed by atoms with Crippen LogP contribution in [0, 0.1) is 0 Å². The smallest absolute Gasteiger partial charge is 0.419 e. The Morgan fingerprint density at radius 1 is 1.40 bits per heavy atom. The van der Waals surface area contributed by atoms with E-state index in [0.29, 0.717) is 18.5 Å². The number of hydrogen-bond donors (Lipinski definition) is 1. The van der Waals surface area contributed by atoms with E-state index in [2.05, 4.69) is 5.32 Å². The van der Waals surface area contributed by atoms with Gasteiger partial charge in [0, 0.05) is 13.5 Å². The summed E-state index contributed by atoms with van der Waals surface area (Å²) in [5.74, 6) is -0.323. The first-order chi connectivity index (χ1) is 9.34. The molecular weight excluding hydrogens is 271 g/mol. The van der Waals surface area contributed by atoms with Gasteiger partial charge >= 0.3 is 6.18 Å². The maximum absolute atomic E-state index is 12.7. The molecule has 0 bridgehead atoms. The molecule has 20 heavy (non-hydrogen) atoms. The predicted octanol–water partition coefficient (Wildman–Crippen LogP) is 3.25.